The highest BCUT2D eigenvalue weighted by molar-refractivity contribution is 14.1. The standard InChI is InChI=1S/C18H14ClIS/c19-21(16-7-3-1-4-8-16,17-9-5-2-6-10-17)18-13-11-15(20)12-14-18/h1-14H. The third kappa shape index (κ3) is 2.98. The van der Waals surface area contributed by atoms with Crippen LogP contribution in [0.2, 0.25) is 0 Å². The van der Waals surface area contributed by atoms with E-state index in [0.29, 0.717) is 0 Å². The fourth-order valence-corrected chi connectivity index (χ4v) is 5.92. The van der Waals surface area contributed by atoms with E-state index in [0.717, 1.165) is 0 Å². The summed E-state index contributed by atoms with van der Waals surface area (Å²) in [5.41, 5.74) is 0. The smallest absolute Gasteiger partial charge is 0.0131 e. The molecule has 0 nitrogen and oxygen atoms in total. The van der Waals surface area contributed by atoms with Crippen molar-refractivity contribution in [3.63, 3.8) is 0 Å². The first-order chi connectivity index (χ1) is 10.2. The summed E-state index contributed by atoms with van der Waals surface area (Å²) >= 11 is 2.32. The van der Waals surface area contributed by atoms with Gasteiger partial charge in [-0.05, 0) is 71.1 Å². The lowest BCUT2D eigenvalue weighted by Gasteiger charge is -2.34. The highest BCUT2D eigenvalue weighted by Crippen LogP contribution is 2.72. The molecule has 0 atom stereocenters. The molecule has 0 aliphatic carbocycles. The van der Waals surface area contributed by atoms with Gasteiger partial charge in [0.1, 0.15) is 0 Å². The molecule has 3 rings (SSSR count). The summed E-state index contributed by atoms with van der Waals surface area (Å²) in [6.45, 7) is 0. The van der Waals surface area contributed by atoms with Gasteiger partial charge in [0.2, 0.25) is 0 Å². The number of halogens is 2. The van der Waals surface area contributed by atoms with Gasteiger partial charge >= 0.3 is 0 Å². The van der Waals surface area contributed by atoms with Crippen molar-refractivity contribution < 1.29 is 0 Å². The van der Waals surface area contributed by atoms with E-state index >= 15 is 0 Å². The van der Waals surface area contributed by atoms with E-state index in [4.69, 9.17) is 10.7 Å². The average Bonchev–Trinajstić information content (AvgIpc) is 2.56. The predicted octanol–water partition coefficient (Wildman–Crippen LogP) is 6.73. The molecule has 0 aromatic heterocycles. The zero-order valence-corrected chi connectivity index (χ0v) is 15.0. The van der Waals surface area contributed by atoms with Gasteiger partial charge < -0.3 is 0 Å². The van der Waals surface area contributed by atoms with Crippen LogP contribution in [0.4, 0.5) is 0 Å². The number of hydrogen-bond donors (Lipinski definition) is 0. The van der Waals surface area contributed by atoms with Gasteiger partial charge in [-0.25, -0.2) is 0 Å². The van der Waals surface area contributed by atoms with Crippen molar-refractivity contribution in [2.24, 2.45) is 0 Å². The quantitative estimate of drug-likeness (QED) is 0.409. The lowest BCUT2D eigenvalue weighted by molar-refractivity contribution is 1.31. The second-order valence-electron chi connectivity index (χ2n) is 4.62. The van der Waals surface area contributed by atoms with Crippen LogP contribution in [0.5, 0.6) is 0 Å². The zero-order chi connectivity index (χ0) is 14.7. The molecular weight excluding hydrogens is 411 g/mol. The number of benzene rings is 3. The monoisotopic (exact) mass is 424 g/mol. The molecule has 0 unspecified atom stereocenters. The van der Waals surface area contributed by atoms with Crippen molar-refractivity contribution >= 4 is 42.5 Å². The van der Waals surface area contributed by atoms with Crippen molar-refractivity contribution in [1.29, 1.82) is 0 Å². The van der Waals surface area contributed by atoms with Gasteiger partial charge in [-0.3, -0.25) is 0 Å². The summed E-state index contributed by atoms with van der Waals surface area (Å²) < 4.78 is 1.22. The Morgan fingerprint density at radius 2 is 0.952 bits per heavy atom. The largest absolute Gasteiger partial charge is 0.0810 e. The molecule has 106 valence electrons. The van der Waals surface area contributed by atoms with Crippen LogP contribution >= 0.6 is 42.5 Å². The second kappa shape index (κ2) is 6.42. The van der Waals surface area contributed by atoms with Crippen LogP contribution < -0.4 is 0 Å². The van der Waals surface area contributed by atoms with Gasteiger partial charge in [0.25, 0.3) is 0 Å². The molecular formula is C18H14ClIS. The van der Waals surface area contributed by atoms with E-state index in [1.54, 1.807) is 0 Å². The molecule has 0 heterocycles. The Hall–Kier alpha value is -0.970. The van der Waals surface area contributed by atoms with E-state index in [9.17, 15) is 0 Å². The molecule has 0 spiro atoms. The summed E-state index contributed by atoms with van der Waals surface area (Å²) in [6, 6.07) is 29.2. The maximum Gasteiger partial charge on any atom is 0.0131 e. The predicted molar refractivity (Wildman–Crippen MR) is 100 cm³/mol. The Bertz CT molecular complexity index is 672. The van der Waals surface area contributed by atoms with E-state index in [1.165, 1.54) is 18.3 Å². The number of hydrogen-bond acceptors (Lipinski definition) is 0. The fourth-order valence-electron chi connectivity index (χ4n) is 2.25. The van der Waals surface area contributed by atoms with Crippen molar-refractivity contribution in [1.82, 2.24) is 0 Å². The topological polar surface area (TPSA) is 0 Å². The zero-order valence-electron chi connectivity index (χ0n) is 11.2. The first-order valence-electron chi connectivity index (χ1n) is 6.60. The summed E-state index contributed by atoms with van der Waals surface area (Å²) in [7, 11) is 5.53. The summed E-state index contributed by atoms with van der Waals surface area (Å²) in [5.74, 6) is 0. The van der Waals surface area contributed by atoms with Gasteiger partial charge in [-0.2, -0.15) is 0 Å². The molecule has 0 saturated heterocycles. The summed E-state index contributed by atoms with van der Waals surface area (Å²) in [4.78, 5) is 3.50. The minimum atomic E-state index is -1.72. The van der Waals surface area contributed by atoms with Gasteiger partial charge in [0, 0.05) is 18.3 Å². The van der Waals surface area contributed by atoms with Gasteiger partial charge in [-0.15, -0.1) is 0 Å². The third-order valence-electron chi connectivity index (χ3n) is 3.27. The normalized spacial score (nSPS) is 12.1. The lowest BCUT2D eigenvalue weighted by atomic mass is 10.4. The Morgan fingerprint density at radius 1 is 0.571 bits per heavy atom. The van der Waals surface area contributed by atoms with E-state index in [1.807, 2.05) is 12.1 Å². The van der Waals surface area contributed by atoms with Crippen LogP contribution in [0.25, 0.3) is 0 Å². The third-order valence-corrected chi connectivity index (χ3v) is 8.36. The Balaban J connectivity index is 2.23. The summed E-state index contributed by atoms with van der Waals surface area (Å²) in [5, 5.41) is 0. The fraction of sp³-hybridized carbons (Fsp3) is 0. The minimum absolute atomic E-state index is 1.17. The molecule has 3 heteroatoms. The molecule has 0 aliphatic heterocycles. The molecule has 0 amide bonds. The van der Waals surface area contributed by atoms with E-state index < -0.39 is 9.24 Å². The average molecular weight is 425 g/mol. The van der Waals surface area contributed by atoms with Gasteiger partial charge in [0.05, 0.1) is 0 Å². The molecule has 3 aromatic rings. The van der Waals surface area contributed by atoms with Crippen LogP contribution in [0.3, 0.4) is 0 Å². The SMILES string of the molecule is ClS(c1ccccc1)(c1ccccc1)c1ccc(I)cc1. The molecule has 0 radical (unpaired) electrons. The highest BCUT2D eigenvalue weighted by Gasteiger charge is 2.28. The lowest BCUT2D eigenvalue weighted by Crippen LogP contribution is -1.96. The Morgan fingerprint density at radius 3 is 1.38 bits per heavy atom. The van der Waals surface area contributed by atoms with Crippen LogP contribution in [0, 0.1) is 3.57 Å². The van der Waals surface area contributed by atoms with Gasteiger partial charge in [-0.1, -0.05) is 56.3 Å². The van der Waals surface area contributed by atoms with Crippen molar-refractivity contribution in [2.45, 2.75) is 14.7 Å². The first kappa shape index (κ1) is 14.9. The molecule has 21 heavy (non-hydrogen) atoms. The van der Waals surface area contributed by atoms with Crippen molar-refractivity contribution in [2.75, 3.05) is 0 Å². The Labute approximate surface area is 145 Å². The highest BCUT2D eigenvalue weighted by atomic mass is 127. The maximum absolute atomic E-state index is 7.25. The minimum Gasteiger partial charge on any atom is -0.0810 e. The molecule has 0 N–H and O–H groups in total. The molecule has 0 bridgehead atoms. The summed E-state index contributed by atoms with van der Waals surface area (Å²) in [6.07, 6.45) is 0. The maximum atomic E-state index is 7.25. The van der Waals surface area contributed by atoms with E-state index in [2.05, 4.69) is 95.4 Å². The molecule has 0 fully saturated rings. The first-order valence-corrected chi connectivity index (χ1v) is 10.1. The Kier molecular flexibility index (Phi) is 4.57. The van der Waals surface area contributed by atoms with Gasteiger partial charge in [0.15, 0.2) is 0 Å². The molecule has 0 aliphatic rings. The molecule has 3 aromatic carbocycles. The van der Waals surface area contributed by atoms with Crippen LogP contribution in [0.1, 0.15) is 0 Å². The van der Waals surface area contributed by atoms with Crippen molar-refractivity contribution in [3.8, 4) is 0 Å². The van der Waals surface area contributed by atoms with Crippen LogP contribution in [0.15, 0.2) is 99.6 Å². The van der Waals surface area contributed by atoms with Crippen molar-refractivity contribution in [3.05, 3.63) is 88.5 Å². The van der Waals surface area contributed by atoms with Crippen LogP contribution in [-0.4, -0.2) is 0 Å². The second-order valence-corrected chi connectivity index (χ2v) is 9.74. The number of rotatable bonds is 3. The van der Waals surface area contributed by atoms with Crippen LogP contribution in [-0.2, 0) is 0 Å². The molecule has 0 saturated carbocycles. The van der Waals surface area contributed by atoms with E-state index in [-0.39, 0.29) is 0 Å².